The zero-order valence-corrected chi connectivity index (χ0v) is 26.6. The summed E-state index contributed by atoms with van der Waals surface area (Å²) >= 11 is 0. The van der Waals surface area contributed by atoms with E-state index in [1.165, 1.54) is 6.92 Å². The van der Waals surface area contributed by atoms with Gasteiger partial charge in [-0.15, -0.1) is 0 Å². The number of ether oxygens (including phenoxy) is 4. The van der Waals surface area contributed by atoms with Crippen molar-refractivity contribution < 1.29 is 42.5 Å². The van der Waals surface area contributed by atoms with Gasteiger partial charge in [0.2, 0.25) is 6.29 Å². The van der Waals surface area contributed by atoms with Crippen LogP contribution in [0.2, 0.25) is 25.7 Å². The molecule has 11 heteroatoms. The molecule has 0 spiro atoms. The summed E-state index contributed by atoms with van der Waals surface area (Å²) in [5.41, 5.74) is 4.13. The van der Waals surface area contributed by atoms with Gasteiger partial charge in [0.05, 0.1) is 19.9 Å². The van der Waals surface area contributed by atoms with E-state index in [1.807, 2.05) is 13.8 Å². The monoisotopic (exact) mass is 584 g/mol. The number of fused-ring (bicyclic) bond motifs is 1. The summed E-state index contributed by atoms with van der Waals surface area (Å²) in [7, 11) is -3.59. The van der Waals surface area contributed by atoms with Gasteiger partial charge in [-0.25, -0.2) is 4.79 Å². The molecule has 1 N–H and O–H groups in total. The van der Waals surface area contributed by atoms with E-state index in [2.05, 4.69) is 25.7 Å². The molecule has 220 valence electrons. The van der Waals surface area contributed by atoms with Gasteiger partial charge < -0.3 is 23.8 Å². The quantitative estimate of drug-likeness (QED) is 0.0576. The first-order valence-electron chi connectivity index (χ1n) is 13.6. The van der Waals surface area contributed by atoms with Crippen molar-refractivity contribution in [2.45, 2.75) is 98.4 Å². The van der Waals surface area contributed by atoms with Gasteiger partial charge in [-0.05, 0) is 58.1 Å². The van der Waals surface area contributed by atoms with Crippen LogP contribution in [0.4, 0.5) is 0 Å². The zero-order chi connectivity index (χ0) is 29.4. The third-order valence-corrected chi connectivity index (χ3v) is 9.75. The van der Waals surface area contributed by atoms with Crippen molar-refractivity contribution in [2.24, 2.45) is 0 Å². The largest absolute Gasteiger partial charge is 0.496 e. The maximum atomic E-state index is 12.7. The van der Waals surface area contributed by atoms with Crippen LogP contribution in [-0.2, 0) is 36.4 Å². The van der Waals surface area contributed by atoms with E-state index in [9.17, 15) is 19.0 Å². The second-order valence-corrected chi connectivity index (χ2v) is 18.7. The van der Waals surface area contributed by atoms with Crippen molar-refractivity contribution in [3.05, 3.63) is 33.9 Å². The van der Waals surface area contributed by atoms with E-state index in [-0.39, 0.29) is 25.2 Å². The average Bonchev–Trinajstić information content (AvgIpc) is 3.22. The number of carbonyl (C=O) groups is 2. The lowest BCUT2D eigenvalue weighted by atomic mass is 9.94. The molecule has 0 fully saturated rings. The van der Waals surface area contributed by atoms with E-state index >= 15 is 0 Å². The Morgan fingerprint density at radius 3 is 2.54 bits per heavy atom. The van der Waals surface area contributed by atoms with Gasteiger partial charge in [0.1, 0.15) is 23.7 Å². The summed E-state index contributed by atoms with van der Waals surface area (Å²) in [4.78, 5) is 34.1. The zero-order valence-electron chi connectivity index (χ0n) is 24.7. The minimum Gasteiger partial charge on any atom is -0.496 e. The van der Waals surface area contributed by atoms with Crippen LogP contribution in [-0.4, -0.2) is 51.1 Å². The molecule has 2 rings (SSSR count). The van der Waals surface area contributed by atoms with Crippen LogP contribution in [0, 0.1) is 6.92 Å². The summed E-state index contributed by atoms with van der Waals surface area (Å²) in [6.07, 6.45) is 3.56. The first-order chi connectivity index (χ1) is 18.2. The summed E-state index contributed by atoms with van der Waals surface area (Å²) in [6.45, 7) is 14.6. The molecule has 2 atom stereocenters. The molecule has 0 amide bonds. The molecule has 1 aromatic rings. The standard InChI is InChI=1S/C28H45O9PSi/c1-9-24(29)36-21(4)37-38(31,32)16-11-10-12-19(2)13-14-22-26(33-5)20(3)23-18-35-28(30)25(23)27(22)34-15-17-39(6,7)8/h13,21H,9-12,14-18H2,1-8H3,(H,31,32)/b19-13+/t21-/m0/s1. The Morgan fingerprint density at radius 1 is 1.23 bits per heavy atom. The lowest BCUT2D eigenvalue weighted by Crippen LogP contribution is -2.23. The minimum absolute atomic E-state index is 0.0245. The number of allylic oxidation sites excluding steroid dienone is 2. The first-order valence-corrected chi connectivity index (χ1v) is 19.0. The van der Waals surface area contributed by atoms with E-state index < -0.39 is 27.9 Å². The Bertz CT molecular complexity index is 1110. The van der Waals surface area contributed by atoms with Crippen molar-refractivity contribution in [3.63, 3.8) is 0 Å². The molecule has 0 radical (unpaired) electrons. The molecule has 1 heterocycles. The van der Waals surface area contributed by atoms with Crippen LogP contribution in [0.3, 0.4) is 0 Å². The van der Waals surface area contributed by atoms with Crippen LogP contribution in [0.5, 0.6) is 11.5 Å². The highest BCUT2D eigenvalue weighted by molar-refractivity contribution is 7.52. The molecular weight excluding hydrogens is 539 g/mol. The number of methoxy groups -OCH3 is 1. The van der Waals surface area contributed by atoms with Gasteiger partial charge in [-0.2, -0.15) is 0 Å². The fourth-order valence-corrected chi connectivity index (χ4v) is 6.25. The molecule has 1 aromatic carbocycles. The van der Waals surface area contributed by atoms with Crippen LogP contribution in [0.15, 0.2) is 11.6 Å². The molecule has 0 bridgehead atoms. The fourth-order valence-electron chi connectivity index (χ4n) is 4.30. The molecule has 9 nitrogen and oxygen atoms in total. The summed E-state index contributed by atoms with van der Waals surface area (Å²) < 4.78 is 39.7. The molecule has 39 heavy (non-hydrogen) atoms. The molecule has 0 aliphatic carbocycles. The lowest BCUT2D eigenvalue weighted by Gasteiger charge is -2.21. The number of hydrogen-bond acceptors (Lipinski definition) is 8. The SMILES string of the molecule is CCC(=O)O[C@H](C)OP(=O)(O)CCCC/C(C)=C/Cc1c(OC)c(C)c2c(c1OCC[Si](C)(C)C)C(=O)OC2. The summed E-state index contributed by atoms with van der Waals surface area (Å²) in [5, 5.41) is 0. The number of cyclic esters (lactones) is 1. The highest BCUT2D eigenvalue weighted by Crippen LogP contribution is 2.45. The van der Waals surface area contributed by atoms with E-state index in [0.717, 1.165) is 34.7 Å². The van der Waals surface area contributed by atoms with Gasteiger partial charge >= 0.3 is 19.5 Å². The highest BCUT2D eigenvalue weighted by Gasteiger charge is 2.33. The van der Waals surface area contributed by atoms with Crippen molar-refractivity contribution >= 4 is 27.6 Å². The van der Waals surface area contributed by atoms with Gasteiger partial charge in [0, 0.05) is 25.6 Å². The number of esters is 2. The Hall–Kier alpha value is -2.13. The fraction of sp³-hybridized carbons (Fsp3) is 0.643. The molecule has 0 saturated heterocycles. The predicted octanol–water partition coefficient (Wildman–Crippen LogP) is 6.55. The third kappa shape index (κ3) is 10.1. The number of hydrogen-bond donors (Lipinski definition) is 1. The maximum absolute atomic E-state index is 12.7. The van der Waals surface area contributed by atoms with Crippen molar-refractivity contribution in [1.82, 2.24) is 0 Å². The van der Waals surface area contributed by atoms with Gasteiger partial charge in [-0.1, -0.05) is 38.2 Å². The van der Waals surface area contributed by atoms with Crippen molar-refractivity contribution in [1.29, 1.82) is 0 Å². The maximum Gasteiger partial charge on any atom is 0.342 e. The van der Waals surface area contributed by atoms with Gasteiger partial charge in [0.15, 0.2) is 0 Å². The normalized spacial score (nSPS) is 15.8. The Morgan fingerprint density at radius 2 is 1.92 bits per heavy atom. The molecule has 0 saturated carbocycles. The van der Waals surface area contributed by atoms with E-state index in [4.69, 9.17) is 23.5 Å². The smallest absolute Gasteiger partial charge is 0.342 e. The molecular formula is C28H45O9PSi. The average molecular weight is 585 g/mol. The minimum atomic E-state index is -3.87. The first kappa shape index (κ1) is 33.1. The molecule has 1 aliphatic heterocycles. The van der Waals surface area contributed by atoms with Gasteiger partial charge in [0.25, 0.3) is 0 Å². The molecule has 0 aromatic heterocycles. The third-order valence-electron chi connectivity index (χ3n) is 6.54. The lowest BCUT2D eigenvalue weighted by molar-refractivity contribution is -0.161. The second-order valence-electron chi connectivity index (χ2n) is 11.1. The topological polar surface area (TPSA) is 118 Å². The molecule has 1 aliphatic rings. The van der Waals surface area contributed by atoms with Crippen molar-refractivity contribution in [2.75, 3.05) is 19.9 Å². The van der Waals surface area contributed by atoms with Crippen molar-refractivity contribution in [3.8, 4) is 11.5 Å². The van der Waals surface area contributed by atoms with Crippen LogP contribution < -0.4 is 9.47 Å². The Balaban J connectivity index is 2.09. The van der Waals surface area contributed by atoms with Crippen LogP contribution in [0.25, 0.3) is 0 Å². The Kier molecular flexibility index (Phi) is 12.3. The summed E-state index contributed by atoms with van der Waals surface area (Å²) in [6, 6.07) is 0.958. The summed E-state index contributed by atoms with van der Waals surface area (Å²) in [5.74, 6) is 0.402. The number of carbonyl (C=O) groups excluding carboxylic acids is 2. The van der Waals surface area contributed by atoms with Gasteiger partial charge in [-0.3, -0.25) is 13.9 Å². The highest BCUT2D eigenvalue weighted by atomic mass is 31.2. The van der Waals surface area contributed by atoms with Crippen LogP contribution in [0.1, 0.15) is 73.5 Å². The van der Waals surface area contributed by atoms with Crippen LogP contribution >= 0.6 is 7.60 Å². The molecule has 1 unspecified atom stereocenters. The number of unbranched alkanes of at least 4 members (excludes halogenated alkanes) is 1. The predicted molar refractivity (Wildman–Crippen MR) is 153 cm³/mol. The van der Waals surface area contributed by atoms with E-state index in [1.54, 1.807) is 14.0 Å². The van der Waals surface area contributed by atoms with E-state index in [0.29, 0.717) is 42.9 Å². The second kappa shape index (κ2) is 14.5. The number of benzene rings is 1. The Labute approximate surface area is 233 Å². The number of rotatable bonds is 16.